The highest BCUT2D eigenvalue weighted by Gasteiger charge is 2.15. The molecular weight excluding hydrogens is 304 g/mol. The molecule has 24 heavy (non-hydrogen) atoms. The van der Waals surface area contributed by atoms with Crippen molar-refractivity contribution in [2.45, 2.75) is 32.9 Å². The topological polar surface area (TPSA) is 59.6 Å². The molecule has 0 saturated carbocycles. The fraction of sp³-hybridized carbons (Fsp3) is 0.316. The number of nitrogens with one attached hydrogen (secondary N) is 2. The van der Waals surface area contributed by atoms with Crippen LogP contribution < -0.4 is 20.1 Å². The van der Waals surface area contributed by atoms with Crippen molar-refractivity contribution in [1.29, 1.82) is 0 Å². The second kappa shape index (κ2) is 7.36. The summed E-state index contributed by atoms with van der Waals surface area (Å²) < 4.78 is 10.7. The zero-order valence-corrected chi connectivity index (χ0v) is 14.0. The summed E-state index contributed by atoms with van der Waals surface area (Å²) in [6.07, 6.45) is 0.988. The molecule has 0 aliphatic carbocycles. The third-order valence-electron chi connectivity index (χ3n) is 4.07. The summed E-state index contributed by atoms with van der Waals surface area (Å²) in [5.41, 5.74) is 3.11. The summed E-state index contributed by atoms with van der Waals surface area (Å²) in [5.74, 6) is 1.46. The number of aryl methyl sites for hydroxylation is 1. The molecule has 1 atom stereocenters. The highest BCUT2D eigenvalue weighted by molar-refractivity contribution is 5.94. The molecule has 5 nitrogen and oxygen atoms in total. The minimum atomic E-state index is -0.304. The fourth-order valence-electron chi connectivity index (χ4n) is 2.49. The largest absolute Gasteiger partial charge is 0.454 e. The molecule has 126 valence electrons. The van der Waals surface area contributed by atoms with E-state index in [1.54, 1.807) is 0 Å². The van der Waals surface area contributed by atoms with Crippen LogP contribution in [0.25, 0.3) is 0 Å². The monoisotopic (exact) mass is 326 g/mol. The van der Waals surface area contributed by atoms with Crippen molar-refractivity contribution >= 4 is 11.6 Å². The Morgan fingerprint density at radius 1 is 1.08 bits per heavy atom. The van der Waals surface area contributed by atoms with E-state index in [0.717, 1.165) is 29.2 Å². The second-order valence-electron chi connectivity index (χ2n) is 5.83. The van der Waals surface area contributed by atoms with E-state index in [9.17, 15) is 4.79 Å². The number of ether oxygens (including phenoxy) is 2. The summed E-state index contributed by atoms with van der Waals surface area (Å²) in [6.45, 7) is 4.81. The molecule has 2 aromatic rings. The first-order chi connectivity index (χ1) is 11.7. The van der Waals surface area contributed by atoms with Gasteiger partial charge in [0.2, 0.25) is 12.7 Å². The molecule has 0 spiro atoms. The number of fused-ring (bicyclic) bond motifs is 1. The van der Waals surface area contributed by atoms with Gasteiger partial charge in [-0.25, -0.2) is 0 Å². The van der Waals surface area contributed by atoms with Gasteiger partial charge >= 0.3 is 0 Å². The van der Waals surface area contributed by atoms with E-state index in [1.165, 1.54) is 5.56 Å². The molecule has 2 N–H and O–H groups in total. The van der Waals surface area contributed by atoms with Crippen molar-refractivity contribution in [3.05, 3.63) is 53.6 Å². The lowest BCUT2D eigenvalue weighted by molar-refractivity contribution is -0.117. The molecule has 0 unspecified atom stereocenters. The van der Waals surface area contributed by atoms with Gasteiger partial charge < -0.3 is 20.1 Å². The first-order valence-corrected chi connectivity index (χ1v) is 8.17. The Balaban J connectivity index is 1.52. The fourth-order valence-corrected chi connectivity index (χ4v) is 2.49. The molecule has 1 amide bonds. The lowest BCUT2D eigenvalue weighted by atomic mass is 10.1. The molecule has 0 fully saturated rings. The van der Waals surface area contributed by atoms with Crippen LogP contribution in [0.3, 0.4) is 0 Å². The predicted octanol–water partition coefficient (Wildman–Crippen LogP) is 3.09. The number of anilines is 1. The summed E-state index contributed by atoms with van der Waals surface area (Å²) in [6, 6.07) is 13.4. The van der Waals surface area contributed by atoms with Crippen molar-refractivity contribution < 1.29 is 14.3 Å². The summed E-state index contributed by atoms with van der Waals surface area (Å²) in [4.78, 5) is 12.3. The zero-order chi connectivity index (χ0) is 16.9. The third kappa shape index (κ3) is 3.86. The number of hydrogen-bond donors (Lipinski definition) is 2. The van der Waals surface area contributed by atoms with Crippen LogP contribution in [0.4, 0.5) is 5.69 Å². The van der Waals surface area contributed by atoms with Crippen LogP contribution in [-0.2, 0) is 17.8 Å². The predicted molar refractivity (Wildman–Crippen MR) is 93.3 cm³/mol. The number of rotatable bonds is 6. The standard InChI is InChI=1S/C19H22N2O3/c1-3-14-4-7-16(8-5-14)21-19(22)13(2)20-11-15-6-9-17-18(10-15)24-12-23-17/h4-10,13,20H,3,11-12H2,1-2H3,(H,21,22)/t13-/m1/s1. The molecule has 0 radical (unpaired) electrons. The maximum Gasteiger partial charge on any atom is 0.241 e. The molecule has 1 heterocycles. The highest BCUT2D eigenvalue weighted by atomic mass is 16.7. The molecule has 1 aliphatic heterocycles. The number of hydrogen-bond acceptors (Lipinski definition) is 4. The lowest BCUT2D eigenvalue weighted by Crippen LogP contribution is -2.37. The van der Waals surface area contributed by atoms with Crippen LogP contribution in [0.15, 0.2) is 42.5 Å². The molecule has 0 saturated heterocycles. The zero-order valence-electron chi connectivity index (χ0n) is 14.0. The summed E-state index contributed by atoms with van der Waals surface area (Å²) in [7, 11) is 0. The Morgan fingerprint density at radius 3 is 2.54 bits per heavy atom. The van der Waals surface area contributed by atoms with Crippen LogP contribution in [0.1, 0.15) is 25.0 Å². The van der Waals surface area contributed by atoms with Gasteiger partial charge in [-0.2, -0.15) is 0 Å². The van der Waals surface area contributed by atoms with Crippen LogP contribution in [0.5, 0.6) is 11.5 Å². The average molecular weight is 326 g/mol. The molecule has 1 aliphatic rings. The summed E-state index contributed by atoms with van der Waals surface area (Å²) >= 11 is 0. The molecule has 0 bridgehead atoms. The minimum Gasteiger partial charge on any atom is -0.454 e. The van der Waals surface area contributed by atoms with Crippen LogP contribution in [0, 0.1) is 0 Å². The molecule has 5 heteroatoms. The van der Waals surface area contributed by atoms with Crippen molar-refractivity contribution in [3.8, 4) is 11.5 Å². The van der Waals surface area contributed by atoms with Gasteiger partial charge in [0.05, 0.1) is 6.04 Å². The van der Waals surface area contributed by atoms with E-state index in [4.69, 9.17) is 9.47 Å². The quantitative estimate of drug-likeness (QED) is 0.856. The maximum absolute atomic E-state index is 12.3. The first kappa shape index (κ1) is 16.3. The van der Waals surface area contributed by atoms with Crippen molar-refractivity contribution in [3.63, 3.8) is 0 Å². The Labute approximate surface area is 142 Å². The number of amides is 1. The molecular formula is C19H22N2O3. The van der Waals surface area contributed by atoms with E-state index in [2.05, 4.69) is 17.6 Å². The van der Waals surface area contributed by atoms with Crippen LogP contribution in [0.2, 0.25) is 0 Å². The normalized spacial score (nSPS) is 13.6. The van der Waals surface area contributed by atoms with Gasteiger partial charge in [0.1, 0.15) is 0 Å². The maximum atomic E-state index is 12.3. The van der Waals surface area contributed by atoms with Gasteiger partial charge in [0, 0.05) is 12.2 Å². The van der Waals surface area contributed by atoms with Crippen molar-refractivity contribution in [1.82, 2.24) is 5.32 Å². The van der Waals surface area contributed by atoms with E-state index in [1.807, 2.05) is 49.4 Å². The number of carbonyl (C=O) groups excluding carboxylic acids is 1. The smallest absolute Gasteiger partial charge is 0.241 e. The van der Waals surface area contributed by atoms with Crippen LogP contribution in [-0.4, -0.2) is 18.7 Å². The molecule has 3 rings (SSSR count). The summed E-state index contributed by atoms with van der Waals surface area (Å²) in [5, 5.41) is 6.15. The lowest BCUT2D eigenvalue weighted by Gasteiger charge is -2.14. The van der Waals surface area contributed by atoms with Gasteiger partial charge in [0.15, 0.2) is 11.5 Å². The van der Waals surface area contributed by atoms with Gasteiger partial charge in [-0.15, -0.1) is 0 Å². The second-order valence-corrected chi connectivity index (χ2v) is 5.83. The van der Waals surface area contributed by atoms with Crippen LogP contribution >= 0.6 is 0 Å². The molecule has 0 aromatic heterocycles. The number of carbonyl (C=O) groups is 1. The van der Waals surface area contributed by atoms with E-state index in [0.29, 0.717) is 6.54 Å². The van der Waals surface area contributed by atoms with Crippen molar-refractivity contribution in [2.24, 2.45) is 0 Å². The van der Waals surface area contributed by atoms with Gasteiger partial charge in [-0.3, -0.25) is 4.79 Å². The average Bonchev–Trinajstić information content (AvgIpc) is 3.08. The Morgan fingerprint density at radius 2 is 1.79 bits per heavy atom. The minimum absolute atomic E-state index is 0.0556. The van der Waals surface area contributed by atoms with E-state index >= 15 is 0 Å². The van der Waals surface area contributed by atoms with E-state index in [-0.39, 0.29) is 18.7 Å². The van der Waals surface area contributed by atoms with Gasteiger partial charge in [0.25, 0.3) is 0 Å². The van der Waals surface area contributed by atoms with E-state index < -0.39 is 0 Å². The van der Waals surface area contributed by atoms with Gasteiger partial charge in [-0.1, -0.05) is 25.1 Å². The van der Waals surface area contributed by atoms with Gasteiger partial charge in [-0.05, 0) is 48.7 Å². The van der Waals surface area contributed by atoms with Crippen molar-refractivity contribution in [2.75, 3.05) is 12.1 Å². The molecule has 2 aromatic carbocycles. The first-order valence-electron chi connectivity index (χ1n) is 8.17. The Bertz CT molecular complexity index is 713. The number of benzene rings is 2. The SMILES string of the molecule is CCc1ccc(NC(=O)[C@@H](C)NCc2ccc3c(c2)OCO3)cc1. The Kier molecular flexibility index (Phi) is 5.01. The highest BCUT2D eigenvalue weighted by Crippen LogP contribution is 2.32. The Hall–Kier alpha value is -2.53. The third-order valence-corrected chi connectivity index (χ3v) is 4.07.